The minimum absolute atomic E-state index is 0.0500. The van der Waals surface area contributed by atoms with Gasteiger partial charge in [0.1, 0.15) is 11.9 Å². The summed E-state index contributed by atoms with van der Waals surface area (Å²) in [6.45, 7) is 3.10. The highest BCUT2D eigenvalue weighted by molar-refractivity contribution is 7.99. The molecule has 0 aromatic carbocycles. The van der Waals surface area contributed by atoms with Crippen LogP contribution in [0, 0.1) is 6.92 Å². The topological polar surface area (TPSA) is 88.2 Å². The van der Waals surface area contributed by atoms with E-state index in [4.69, 9.17) is 4.74 Å². The molecular formula is C17H20N4O3S. The molecule has 1 aliphatic rings. The number of carbonyl (C=O) groups is 1. The summed E-state index contributed by atoms with van der Waals surface area (Å²) in [7, 11) is 0. The molecule has 0 bridgehead atoms. The molecular weight excluding hydrogens is 340 g/mol. The number of pyridine rings is 1. The van der Waals surface area contributed by atoms with Gasteiger partial charge in [0, 0.05) is 43.9 Å². The van der Waals surface area contributed by atoms with Gasteiger partial charge in [-0.2, -0.15) is 0 Å². The quantitative estimate of drug-likeness (QED) is 0.644. The molecule has 0 spiro atoms. The van der Waals surface area contributed by atoms with Gasteiger partial charge in [0.05, 0.1) is 11.9 Å². The third-order valence-electron chi connectivity index (χ3n) is 3.91. The molecule has 2 aromatic heterocycles. The minimum Gasteiger partial charge on any atom is -0.489 e. The van der Waals surface area contributed by atoms with Gasteiger partial charge in [0.25, 0.3) is 5.56 Å². The molecule has 1 saturated heterocycles. The fourth-order valence-corrected chi connectivity index (χ4v) is 3.50. The maximum atomic E-state index is 12.3. The maximum Gasteiger partial charge on any atom is 0.251 e. The van der Waals surface area contributed by atoms with Gasteiger partial charge in [0.2, 0.25) is 5.91 Å². The average molecular weight is 360 g/mol. The van der Waals surface area contributed by atoms with Crippen molar-refractivity contribution in [3.8, 4) is 5.75 Å². The summed E-state index contributed by atoms with van der Waals surface area (Å²) in [4.78, 5) is 36.5. The third-order valence-corrected chi connectivity index (χ3v) is 4.77. The molecule has 25 heavy (non-hydrogen) atoms. The molecule has 0 radical (unpaired) electrons. The normalized spacial score (nSPS) is 15.2. The number of ether oxygens (including phenoxy) is 1. The molecule has 132 valence electrons. The fourth-order valence-electron chi connectivity index (χ4n) is 2.67. The van der Waals surface area contributed by atoms with Crippen molar-refractivity contribution in [1.82, 2.24) is 19.9 Å². The Labute approximate surface area is 149 Å². The number of carbonyl (C=O) groups excluding carboxylic acids is 1. The number of nitrogens with one attached hydrogen (secondary N) is 1. The number of nitrogens with zero attached hydrogens (tertiary/aromatic N) is 3. The van der Waals surface area contributed by atoms with E-state index >= 15 is 0 Å². The smallest absolute Gasteiger partial charge is 0.251 e. The Bertz CT molecular complexity index is 773. The van der Waals surface area contributed by atoms with Gasteiger partial charge in [-0.3, -0.25) is 14.6 Å². The van der Waals surface area contributed by atoms with Crippen molar-refractivity contribution in [2.24, 2.45) is 0 Å². The average Bonchev–Trinajstić information content (AvgIpc) is 2.60. The highest BCUT2D eigenvalue weighted by Gasteiger charge is 2.24. The van der Waals surface area contributed by atoms with Crippen LogP contribution in [0.25, 0.3) is 0 Å². The lowest BCUT2D eigenvalue weighted by molar-refractivity contribution is -0.130. The summed E-state index contributed by atoms with van der Waals surface area (Å²) in [5.41, 5.74) is 0.447. The van der Waals surface area contributed by atoms with Crippen LogP contribution in [0.5, 0.6) is 5.75 Å². The van der Waals surface area contributed by atoms with E-state index in [1.54, 1.807) is 19.3 Å². The predicted octanol–water partition coefficient (Wildman–Crippen LogP) is 1.64. The number of likely N-dealkylation sites (tertiary alicyclic amines) is 1. The molecule has 0 unspecified atom stereocenters. The zero-order valence-electron chi connectivity index (χ0n) is 14.0. The predicted molar refractivity (Wildman–Crippen MR) is 94.8 cm³/mol. The van der Waals surface area contributed by atoms with Crippen LogP contribution in [0.4, 0.5) is 0 Å². The number of piperidine rings is 1. The van der Waals surface area contributed by atoms with E-state index in [2.05, 4.69) is 15.0 Å². The number of H-pyrrole nitrogens is 1. The van der Waals surface area contributed by atoms with Gasteiger partial charge in [-0.25, -0.2) is 4.98 Å². The van der Waals surface area contributed by atoms with E-state index < -0.39 is 0 Å². The van der Waals surface area contributed by atoms with Crippen LogP contribution in [-0.4, -0.2) is 50.7 Å². The first-order chi connectivity index (χ1) is 12.1. The molecule has 0 saturated carbocycles. The Morgan fingerprint density at radius 3 is 2.92 bits per heavy atom. The number of rotatable bonds is 5. The fraction of sp³-hybridized carbons (Fsp3) is 0.412. The zero-order valence-corrected chi connectivity index (χ0v) is 14.8. The Morgan fingerprint density at radius 2 is 2.24 bits per heavy atom. The van der Waals surface area contributed by atoms with E-state index in [0.29, 0.717) is 23.9 Å². The SMILES string of the molecule is Cc1cc(=O)[nH]c(SCC(=O)N2CCC(Oc3cccnc3)CC2)n1. The standard InChI is InChI=1S/C17H20N4O3S/c1-12-9-15(22)20-17(19-12)25-11-16(23)21-7-4-13(5-8-21)24-14-3-2-6-18-10-14/h2-3,6,9-10,13H,4-5,7-8,11H2,1H3,(H,19,20,22). The molecule has 2 aromatic rings. The van der Waals surface area contributed by atoms with Crippen molar-refractivity contribution in [2.45, 2.75) is 31.0 Å². The van der Waals surface area contributed by atoms with Crippen molar-refractivity contribution in [2.75, 3.05) is 18.8 Å². The summed E-state index contributed by atoms with van der Waals surface area (Å²) < 4.78 is 5.88. The molecule has 1 fully saturated rings. The number of aryl methyl sites for hydroxylation is 1. The van der Waals surface area contributed by atoms with Crippen LogP contribution in [0.1, 0.15) is 18.5 Å². The summed E-state index contributed by atoms with van der Waals surface area (Å²) in [5, 5.41) is 0.480. The molecule has 3 rings (SSSR count). The Kier molecular flexibility index (Phi) is 5.70. The second kappa shape index (κ2) is 8.15. The molecule has 0 atom stereocenters. The van der Waals surface area contributed by atoms with Crippen LogP contribution < -0.4 is 10.3 Å². The molecule has 7 nitrogen and oxygen atoms in total. The van der Waals surface area contributed by atoms with Crippen LogP contribution in [-0.2, 0) is 4.79 Å². The number of thioether (sulfide) groups is 1. The van der Waals surface area contributed by atoms with Gasteiger partial charge in [-0.1, -0.05) is 11.8 Å². The largest absolute Gasteiger partial charge is 0.489 e. The van der Waals surface area contributed by atoms with Gasteiger partial charge in [0.15, 0.2) is 5.16 Å². The molecule has 3 heterocycles. The number of aromatic amines is 1. The van der Waals surface area contributed by atoms with Gasteiger partial charge >= 0.3 is 0 Å². The highest BCUT2D eigenvalue weighted by atomic mass is 32.2. The first-order valence-electron chi connectivity index (χ1n) is 8.15. The molecule has 1 aliphatic heterocycles. The summed E-state index contributed by atoms with van der Waals surface area (Å²) in [6.07, 6.45) is 5.11. The van der Waals surface area contributed by atoms with Crippen molar-refractivity contribution in [3.05, 3.63) is 46.6 Å². The van der Waals surface area contributed by atoms with E-state index in [0.717, 1.165) is 18.6 Å². The number of amides is 1. The highest BCUT2D eigenvalue weighted by Crippen LogP contribution is 2.19. The first kappa shape index (κ1) is 17.5. The lowest BCUT2D eigenvalue weighted by Gasteiger charge is -2.32. The summed E-state index contributed by atoms with van der Waals surface area (Å²) in [5.74, 6) is 1.08. The Hall–Kier alpha value is -2.35. The van der Waals surface area contributed by atoms with Gasteiger partial charge < -0.3 is 14.6 Å². The van der Waals surface area contributed by atoms with E-state index in [1.807, 2.05) is 17.0 Å². The zero-order chi connectivity index (χ0) is 17.6. The Balaban J connectivity index is 1.46. The maximum absolute atomic E-state index is 12.3. The second-order valence-electron chi connectivity index (χ2n) is 5.87. The molecule has 1 N–H and O–H groups in total. The summed E-state index contributed by atoms with van der Waals surface area (Å²) >= 11 is 1.26. The van der Waals surface area contributed by atoms with Crippen molar-refractivity contribution >= 4 is 17.7 Å². The van der Waals surface area contributed by atoms with Crippen LogP contribution >= 0.6 is 11.8 Å². The van der Waals surface area contributed by atoms with Gasteiger partial charge in [-0.05, 0) is 19.1 Å². The van der Waals surface area contributed by atoms with E-state index in [-0.39, 0.29) is 23.3 Å². The lowest BCUT2D eigenvalue weighted by Crippen LogP contribution is -2.42. The lowest BCUT2D eigenvalue weighted by atomic mass is 10.1. The minimum atomic E-state index is -0.198. The van der Waals surface area contributed by atoms with Crippen molar-refractivity contribution < 1.29 is 9.53 Å². The second-order valence-corrected chi connectivity index (χ2v) is 6.83. The molecule has 1 amide bonds. The third kappa shape index (κ3) is 5.06. The Morgan fingerprint density at radius 1 is 1.44 bits per heavy atom. The molecule has 8 heteroatoms. The van der Waals surface area contributed by atoms with Crippen molar-refractivity contribution in [1.29, 1.82) is 0 Å². The van der Waals surface area contributed by atoms with Crippen LogP contribution in [0.15, 0.2) is 40.5 Å². The number of hydrogen-bond acceptors (Lipinski definition) is 6. The van der Waals surface area contributed by atoms with E-state index in [9.17, 15) is 9.59 Å². The van der Waals surface area contributed by atoms with Crippen molar-refractivity contribution in [3.63, 3.8) is 0 Å². The van der Waals surface area contributed by atoms with Crippen LogP contribution in [0.2, 0.25) is 0 Å². The summed E-state index contributed by atoms with van der Waals surface area (Å²) in [6, 6.07) is 5.16. The van der Waals surface area contributed by atoms with Gasteiger partial charge in [-0.15, -0.1) is 0 Å². The van der Waals surface area contributed by atoms with E-state index in [1.165, 1.54) is 17.8 Å². The van der Waals surface area contributed by atoms with Crippen LogP contribution in [0.3, 0.4) is 0 Å². The number of hydrogen-bond donors (Lipinski definition) is 1. The molecule has 0 aliphatic carbocycles. The first-order valence-corrected chi connectivity index (χ1v) is 9.14. The monoisotopic (exact) mass is 360 g/mol. The number of aromatic nitrogens is 3.